The Morgan fingerprint density at radius 2 is 1.95 bits per heavy atom. The van der Waals surface area contributed by atoms with Gasteiger partial charge in [-0.1, -0.05) is 49.7 Å². The van der Waals surface area contributed by atoms with E-state index in [0.717, 1.165) is 28.3 Å². The van der Waals surface area contributed by atoms with Crippen molar-refractivity contribution in [3.63, 3.8) is 0 Å². The zero-order valence-corrected chi connectivity index (χ0v) is 12.9. The molecule has 2 aromatic carbocycles. The number of para-hydroxylation sites is 3. The molecule has 3 nitrogen and oxygen atoms in total. The van der Waals surface area contributed by atoms with Crippen molar-refractivity contribution >= 4 is 22.6 Å². The van der Waals surface area contributed by atoms with Gasteiger partial charge in [-0.05, 0) is 23.8 Å². The van der Waals surface area contributed by atoms with Gasteiger partial charge in [0, 0.05) is 12.6 Å². The van der Waals surface area contributed by atoms with E-state index in [1.807, 2.05) is 36.7 Å². The lowest BCUT2D eigenvalue weighted by Crippen LogP contribution is -2.22. The maximum absolute atomic E-state index is 6.46. The number of imidazole rings is 1. The molecule has 1 N–H and O–H groups in total. The van der Waals surface area contributed by atoms with Gasteiger partial charge in [0.25, 0.3) is 0 Å². The number of halogens is 1. The lowest BCUT2D eigenvalue weighted by Gasteiger charge is -2.15. The zero-order chi connectivity index (χ0) is 14.8. The van der Waals surface area contributed by atoms with Crippen LogP contribution in [-0.4, -0.2) is 15.6 Å². The third-order valence-electron chi connectivity index (χ3n) is 3.47. The molecule has 3 rings (SSSR count). The summed E-state index contributed by atoms with van der Waals surface area (Å²) >= 11 is 6.46. The van der Waals surface area contributed by atoms with Gasteiger partial charge in [-0.3, -0.25) is 4.57 Å². The van der Waals surface area contributed by atoms with Crippen LogP contribution in [-0.2, 0) is 6.54 Å². The van der Waals surface area contributed by atoms with E-state index in [9.17, 15) is 0 Å². The van der Waals surface area contributed by atoms with E-state index < -0.39 is 0 Å². The molecule has 21 heavy (non-hydrogen) atoms. The second kappa shape index (κ2) is 5.88. The second-order valence-corrected chi connectivity index (χ2v) is 5.79. The number of hydrogen-bond donors (Lipinski definition) is 1. The van der Waals surface area contributed by atoms with Crippen molar-refractivity contribution in [1.82, 2.24) is 14.9 Å². The fraction of sp³-hybridized carbons (Fsp3) is 0.235. The third kappa shape index (κ3) is 2.80. The van der Waals surface area contributed by atoms with Gasteiger partial charge in [0.05, 0.1) is 21.7 Å². The van der Waals surface area contributed by atoms with Gasteiger partial charge in [0.1, 0.15) is 6.33 Å². The lowest BCUT2D eigenvalue weighted by atomic mass is 10.1. The number of fused-ring (bicyclic) bond motifs is 1. The largest absolute Gasteiger partial charge is 0.310 e. The van der Waals surface area contributed by atoms with Crippen molar-refractivity contribution in [2.45, 2.75) is 26.4 Å². The maximum Gasteiger partial charge on any atom is 0.100 e. The van der Waals surface area contributed by atoms with Gasteiger partial charge in [-0.15, -0.1) is 0 Å². The molecular formula is C17H18ClN3. The average Bonchev–Trinajstić information content (AvgIpc) is 2.89. The highest BCUT2D eigenvalue weighted by Gasteiger charge is 2.12. The van der Waals surface area contributed by atoms with Crippen molar-refractivity contribution in [3.8, 4) is 5.69 Å². The summed E-state index contributed by atoms with van der Waals surface area (Å²) in [4.78, 5) is 4.46. The van der Waals surface area contributed by atoms with Gasteiger partial charge < -0.3 is 5.32 Å². The first kappa shape index (κ1) is 14.1. The molecule has 0 spiro atoms. The Morgan fingerprint density at radius 3 is 2.76 bits per heavy atom. The molecule has 0 radical (unpaired) electrons. The van der Waals surface area contributed by atoms with Gasteiger partial charge in [-0.2, -0.15) is 0 Å². The van der Waals surface area contributed by atoms with E-state index in [0.29, 0.717) is 6.04 Å². The highest BCUT2D eigenvalue weighted by atomic mass is 35.5. The summed E-state index contributed by atoms with van der Waals surface area (Å²) in [6.45, 7) is 5.05. The normalized spacial score (nSPS) is 11.4. The van der Waals surface area contributed by atoms with Gasteiger partial charge in [0.2, 0.25) is 0 Å². The van der Waals surface area contributed by atoms with E-state index in [2.05, 4.69) is 40.8 Å². The van der Waals surface area contributed by atoms with Crippen molar-refractivity contribution < 1.29 is 0 Å². The molecule has 4 heteroatoms. The molecule has 0 amide bonds. The van der Waals surface area contributed by atoms with Gasteiger partial charge >= 0.3 is 0 Å². The summed E-state index contributed by atoms with van der Waals surface area (Å²) in [5.41, 5.74) is 4.21. The number of nitrogens with zero attached hydrogens (tertiary/aromatic N) is 2. The summed E-state index contributed by atoms with van der Waals surface area (Å²) < 4.78 is 2.06. The van der Waals surface area contributed by atoms with Crippen LogP contribution in [0.4, 0.5) is 0 Å². The molecule has 0 atom stereocenters. The quantitative estimate of drug-likeness (QED) is 0.783. The van der Waals surface area contributed by atoms with E-state index in [1.54, 1.807) is 0 Å². The molecular weight excluding hydrogens is 282 g/mol. The fourth-order valence-electron chi connectivity index (χ4n) is 2.42. The topological polar surface area (TPSA) is 29.9 Å². The van der Waals surface area contributed by atoms with Gasteiger partial charge in [0.15, 0.2) is 0 Å². The summed E-state index contributed by atoms with van der Waals surface area (Å²) in [5.74, 6) is 0. The van der Waals surface area contributed by atoms with E-state index in [1.165, 1.54) is 5.56 Å². The van der Waals surface area contributed by atoms with E-state index in [4.69, 9.17) is 11.6 Å². The first-order valence-corrected chi connectivity index (χ1v) is 7.48. The third-order valence-corrected chi connectivity index (χ3v) is 3.77. The highest BCUT2D eigenvalue weighted by Crippen LogP contribution is 2.28. The Kier molecular flexibility index (Phi) is 3.95. The number of hydrogen-bond acceptors (Lipinski definition) is 2. The Balaban J connectivity index is 2.12. The molecule has 1 heterocycles. The first-order valence-electron chi connectivity index (χ1n) is 7.10. The van der Waals surface area contributed by atoms with Gasteiger partial charge in [-0.25, -0.2) is 4.98 Å². The monoisotopic (exact) mass is 299 g/mol. The number of aromatic nitrogens is 2. The summed E-state index contributed by atoms with van der Waals surface area (Å²) in [6, 6.07) is 14.5. The summed E-state index contributed by atoms with van der Waals surface area (Å²) in [6.07, 6.45) is 1.84. The minimum Gasteiger partial charge on any atom is -0.310 e. The molecule has 108 valence electrons. The SMILES string of the molecule is CC(C)NCc1cccc(Cl)c1-n1cnc2ccccc21. The van der Waals surface area contributed by atoms with Crippen LogP contribution in [0.1, 0.15) is 19.4 Å². The standard InChI is InChI=1S/C17H18ClN3/c1-12(2)19-10-13-6-5-7-14(18)17(13)21-11-20-15-8-3-4-9-16(15)21/h3-9,11-12,19H,10H2,1-2H3. The predicted molar refractivity (Wildman–Crippen MR) is 88.1 cm³/mol. The molecule has 1 aromatic heterocycles. The van der Waals surface area contributed by atoms with Crippen LogP contribution >= 0.6 is 11.6 Å². The van der Waals surface area contributed by atoms with Crippen LogP contribution in [0.3, 0.4) is 0 Å². The summed E-state index contributed by atoms with van der Waals surface area (Å²) in [7, 11) is 0. The smallest absolute Gasteiger partial charge is 0.100 e. The van der Waals surface area contributed by atoms with Crippen molar-refractivity contribution in [3.05, 3.63) is 59.4 Å². The van der Waals surface area contributed by atoms with Crippen molar-refractivity contribution in [2.75, 3.05) is 0 Å². The Bertz CT molecular complexity index is 762. The van der Waals surface area contributed by atoms with Crippen molar-refractivity contribution in [1.29, 1.82) is 0 Å². The molecule has 0 aliphatic carbocycles. The molecule has 0 saturated heterocycles. The number of nitrogens with one attached hydrogen (secondary N) is 1. The van der Waals surface area contributed by atoms with Crippen molar-refractivity contribution in [2.24, 2.45) is 0 Å². The molecule has 3 aromatic rings. The van der Waals surface area contributed by atoms with Crippen LogP contribution in [0.15, 0.2) is 48.8 Å². The van der Waals surface area contributed by atoms with Crippen LogP contribution in [0, 0.1) is 0 Å². The second-order valence-electron chi connectivity index (χ2n) is 5.39. The summed E-state index contributed by atoms with van der Waals surface area (Å²) in [5, 5.41) is 4.18. The highest BCUT2D eigenvalue weighted by molar-refractivity contribution is 6.32. The van der Waals surface area contributed by atoms with Crippen LogP contribution in [0.25, 0.3) is 16.7 Å². The molecule has 0 aliphatic rings. The molecule has 0 saturated carbocycles. The first-order chi connectivity index (χ1) is 10.2. The van der Waals surface area contributed by atoms with Crippen LogP contribution in [0.2, 0.25) is 5.02 Å². The van der Waals surface area contributed by atoms with E-state index >= 15 is 0 Å². The van der Waals surface area contributed by atoms with E-state index in [-0.39, 0.29) is 0 Å². The molecule has 0 fully saturated rings. The number of rotatable bonds is 4. The zero-order valence-electron chi connectivity index (χ0n) is 12.2. The Morgan fingerprint density at radius 1 is 1.14 bits per heavy atom. The lowest BCUT2D eigenvalue weighted by molar-refractivity contribution is 0.588. The minimum atomic E-state index is 0.427. The average molecular weight is 300 g/mol. The molecule has 0 aliphatic heterocycles. The molecule has 0 bridgehead atoms. The maximum atomic E-state index is 6.46. The minimum absolute atomic E-state index is 0.427. The van der Waals surface area contributed by atoms with Crippen LogP contribution in [0.5, 0.6) is 0 Å². The molecule has 0 unspecified atom stereocenters. The predicted octanol–water partition coefficient (Wildman–Crippen LogP) is 4.18. The van der Waals surface area contributed by atoms with Crippen LogP contribution < -0.4 is 5.32 Å². The Labute approximate surface area is 129 Å². The fourth-order valence-corrected chi connectivity index (χ4v) is 2.71. The Hall–Kier alpha value is -1.84. The number of benzene rings is 2.